The van der Waals surface area contributed by atoms with Crippen LogP contribution in [-0.2, 0) is 6.54 Å². The highest BCUT2D eigenvalue weighted by Gasteiger charge is 2.21. The average molecular weight is 320 g/mol. The van der Waals surface area contributed by atoms with Gasteiger partial charge in [-0.05, 0) is 0 Å². The van der Waals surface area contributed by atoms with E-state index in [-0.39, 0.29) is 0 Å². The maximum Gasteiger partial charge on any atom is 0.155 e. The summed E-state index contributed by atoms with van der Waals surface area (Å²) < 4.78 is 0. The molecule has 0 spiro atoms. The molecule has 1 saturated heterocycles. The zero-order valence-corrected chi connectivity index (χ0v) is 13.5. The van der Waals surface area contributed by atoms with Crippen molar-refractivity contribution in [2.75, 3.05) is 31.1 Å². The summed E-state index contributed by atoms with van der Waals surface area (Å²) in [6.45, 7) is 4.87. The second kappa shape index (κ2) is 6.80. The smallest absolute Gasteiger partial charge is 0.155 e. The van der Waals surface area contributed by atoms with E-state index in [0.717, 1.165) is 49.8 Å². The van der Waals surface area contributed by atoms with E-state index in [2.05, 4.69) is 42.1 Å². The van der Waals surface area contributed by atoms with Crippen molar-refractivity contribution in [1.82, 2.24) is 25.1 Å². The first kappa shape index (κ1) is 14.8. The zero-order chi connectivity index (χ0) is 16.2. The van der Waals surface area contributed by atoms with Crippen molar-refractivity contribution in [3.05, 3.63) is 60.7 Å². The van der Waals surface area contributed by atoms with Gasteiger partial charge in [0, 0.05) is 62.4 Å². The Morgan fingerprint density at radius 2 is 1.75 bits per heavy atom. The van der Waals surface area contributed by atoms with Crippen LogP contribution in [0.2, 0.25) is 0 Å². The summed E-state index contributed by atoms with van der Waals surface area (Å²) in [6.07, 6.45) is 7.39. The minimum atomic E-state index is 0.941. The van der Waals surface area contributed by atoms with E-state index in [1.165, 1.54) is 5.56 Å². The average Bonchev–Trinajstić information content (AvgIpc) is 3.16. The quantitative estimate of drug-likeness (QED) is 0.798. The lowest BCUT2D eigenvalue weighted by molar-refractivity contribution is 0.249. The van der Waals surface area contributed by atoms with Crippen LogP contribution in [0.25, 0.3) is 11.3 Å². The molecular formula is C18H20N6. The summed E-state index contributed by atoms with van der Waals surface area (Å²) in [6, 6.07) is 10.3. The number of aromatic nitrogens is 4. The van der Waals surface area contributed by atoms with Gasteiger partial charge in [-0.25, -0.2) is 4.98 Å². The Balaban J connectivity index is 1.48. The third kappa shape index (κ3) is 3.14. The van der Waals surface area contributed by atoms with Crippen LogP contribution >= 0.6 is 0 Å². The number of piperazine rings is 1. The van der Waals surface area contributed by atoms with E-state index in [9.17, 15) is 0 Å². The van der Waals surface area contributed by atoms with Crippen LogP contribution in [-0.4, -0.2) is 51.2 Å². The molecule has 6 heteroatoms. The van der Waals surface area contributed by atoms with Crippen LogP contribution in [0.4, 0.5) is 5.82 Å². The van der Waals surface area contributed by atoms with Gasteiger partial charge in [0.05, 0.1) is 6.20 Å². The number of nitrogens with zero attached hydrogens (tertiary/aromatic N) is 5. The number of rotatable bonds is 4. The first-order valence-electron chi connectivity index (χ1n) is 8.21. The summed E-state index contributed by atoms with van der Waals surface area (Å²) in [5, 5.41) is 6.89. The molecule has 0 bridgehead atoms. The molecule has 3 aromatic rings. The molecule has 6 nitrogen and oxygen atoms in total. The first-order valence-corrected chi connectivity index (χ1v) is 8.21. The fraction of sp³-hybridized carbons (Fsp3) is 0.278. The third-order valence-electron chi connectivity index (χ3n) is 4.36. The van der Waals surface area contributed by atoms with Gasteiger partial charge in [-0.3, -0.25) is 15.0 Å². The predicted molar refractivity (Wildman–Crippen MR) is 93.5 cm³/mol. The lowest BCUT2D eigenvalue weighted by Crippen LogP contribution is -2.46. The number of nitrogens with one attached hydrogen (secondary N) is 1. The maximum absolute atomic E-state index is 4.61. The molecule has 1 N–H and O–H groups in total. The lowest BCUT2D eigenvalue weighted by Gasteiger charge is -2.35. The summed E-state index contributed by atoms with van der Waals surface area (Å²) in [7, 11) is 0. The highest BCUT2D eigenvalue weighted by Crippen LogP contribution is 2.27. The molecule has 0 aliphatic carbocycles. The summed E-state index contributed by atoms with van der Waals surface area (Å²) in [5.41, 5.74) is 3.30. The predicted octanol–water partition coefficient (Wildman–Crippen LogP) is 2.19. The Bertz CT molecular complexity index is 763. The molecule has 3 heterocycles. The SMILES string of the molecule is c1ccc(-c2nccnc2N2CCN(Cc3cn[nH]c3)CC2)cc1. The first-order chi connectivity index (χ1) is 11.9. The van der Waals surface area contributed by atoms with Crippen LogP contribution < -0.4 is 4.90 Å². The van der Waals surface area contributed by atoms with Gasteiger partial charge in [0.1, 0.15) is 5.69 Å². The van der Waals surface area contributed by atoms with Crippen LogP contribution in [0.15, 0.2) is 55.1 Å². The fourth-order valence-corrected chi connectivity index (χ4v) is 3.10. The Morgan fingerprint density at radius 1 is 0.958 bits per heavy atom. The van der Waals surface area contributed by atoms with Crippen LogP contribution in [0.3, 0.4) is 0 Å². The normalized spacial score (nSPS) is 15.6. The van der Waals surface area contributed by atoms with Crippen molar-refractivity contribution < 1.29 is 0 Å². The van der Waals surface area contributed by atoms with Crippen molar-refractivity contribution in [3.8, 4) is 11.3 Å². The number of benzene rings is 1. The Hall–Kier alpha value is -2.73. The highest BCUT2D eigenvalue weighted by atomic mass is 15.3. The molecule has 122 valence electrons. The Kier molecular flexibility index (Phi) is 4.20. The van der Waals surface area contributed by atoms with Gasteiger partial charge in [0.2, 0.25) is 0 Å². The minimum Gasteiger partial charge on any atom is -0.352 e. The van der Waals surface area contributed by atoms with Gasteiger partial charge in [0.25, 0.3) is 0 Å². The van der Waals surface area contributed by atoms with Crippen molar-refractivity contribution in [2.24, 2.45) is 0 Å². The van der Waals surface area contributed by atoms with Crippen molar-refractivity contribution in [2.45, 2.75) is 6.54 Å². The van der Waals surface area contributed by atoms with E-state index in [4.69, 9.17) is 0 Å². The van der Waals surface area contributed by atoms with Gasteiger partial charge in [-0.15, -0.1) is 0 Å². The van der Waals surface area contributed by atoms with E-state index in [1.54, 1.807) is 12.4 Å². The molecule has 0 amide bonds. The lowest BCUT2D eigenvalue weighted by atomic mass is 10.1. The fourth-order valence-electron chi connectivity index (χ4n) is 3.10. The Labute approximate surface area is 141 Å². The van der Waals surface area contributed by atoms with E-state index in [1.807, 2.05) is 30.6 Å². The van der Waals surface area contributed by atoms with E-state index in [0.29, 0.717) is 0 Å². The molecule has 4 rings (SSSR count). The second-order valence-corrected chi connectivity index (χ2v) is 5.96. The monoisotopic (exact) mass is 320 g/mol. The molecule has 0 atom stereocenters. The summed E-state index contributed by atoms with van der Waals surface area (Å²) in [5.74, 6) is 0.978. The van der Waals surface area contributed by atoms with Crippen LogP contribution in [0.5, 0.6) is 0 Å². The molecule has 1 aliphatic heterocycles. The summed E-state index contributed by atoms with van der Waals surface area (Å²) in [4.78, 5) is 14.0. The number of H-pyrrole nitrogens is 1. The zero-order valence-electron chi connectivity index (χ0n) is 13.5. The van der Waals surface area contributed by atoms with Crippen molar-refractivity contribution in [3.63, 3.8) is 0 Å². The van der Waals surface area contributed by atoms with Gasteiger partial charge in [-0.1, -0.05) is 30.3 Å². The van der Waals surface area contributed by atoms with E-state index < -0.39 is 0 Å². The van der Waals surface area contributed by atoms with Gasteiger partial charge < -0.3 is 4.90 Å². The van der Waals surface area contributed by atoms with Gasteiger partial charge in [-0.2, -0.15) is 5.10 Å². The Morgan fingerprint density at radius 3 is 2.50 bits per heavy atom. The third-order valence-corrected chi connectivity index (χ3v) is 4.36. The van der Waals surface area contributed by atoms with Crippen LogP contribution in [0, 0.1) is 0 Å². The molecule has 0 saturated carbocycles. The number of hydrogen-bond donors (Lipinski definition) is 1. The van der Waals surface area contributed by atoms with Crippen molar-refractivity contribution in [1.29, 1.82) is 0 Å². The van der Waals surface area contributed by atoms with Crippen molar-refractivity contribution >= 4 is 5.82 Å². The molecule has 0 radical (unpaired) electrons. The largest absolute Gasteiger partial charge is 0.352 e. The molecule has 0 unspecified atom stereocenters. The summed E-state index contributed by atoms with van der Waals surface area (Å²) >= 11 is 0. The number of hydrogen-bond acceptors (Lipinski definition) is 5. The van der Waals surface area contributed by atoms with Gasteiger partial charge >= 0.3 is 0 Å². The molecule has 1 fully saturated rings. The molecule has 24 heavy (non-hydrogen) atoms. The molecular weight excluding hydrogens is 300 g/mol. The highest BCUT2D eigenvalue weighted by molar-refractivity contribution is 5.71. The van der Waals surface area contributed by atoms with E-state index >= 15 is 0 Å². The molecule has 2 aromatic heterocycles. The van der Waals surface area contributed by atoms with Crippen LogP contribution in [0.1, 0.15) is 5.56 Å². The second-order valence-electron chi connectivity index (χ2n) is 5.96. The molecule has 1 aliphatic rings. The number of anilines is 1. The van der Waals surface area contributed by atoms with Gasteiger partial charge in [0.15, 0.2) is 5.82 Å². The standard InChI is InChI=1S/C18H20N6/c1-2-4-16(5-3-1)17-18(20-7-6-19-17)24-10-8-23(9-11-24)14-15-12-21-22-13-15/h1-7,12-13H,8-11,14H2,(H,21,22). The number of aromatic amines is 1. The maximum atomic E-state index is 4.61. The minimum absolute atomic E-state index is 0.941. The topological polar surface area (TPSA) is 60.9 Å². The molecule has 1 aromatic carbocycles.